The topological polar surface area (TPSA) is 92.7 Å². The molecule has 122 valence electrons. The zero-order valence-electron chi connectivity index (χ0n) is 13.0. The minimum atomic E-state index is -1.02. The highest BCUT2D eigenvalue weighted by Crippen LogP contribution is 2.29. The van der Waals surface area contributed by atoms with E-state index in [1.165, 1.54) is 18.2 Å². The summed E-state index contributed by atoms with van der Waals surface area (Å²) in [5, 5.41) is 12.1. The molecule has 0 heterocycles. The molecule has 0 aliphatic heterocycles. The number of nitrogens with one attached hydrogen (secondary N) is 1. The molecule has 2 N–H and O–H groups in total. The molecule has 0 amide bonds. The highest BCUT2D eigenvalue weighted by molar-refractivity contribution is 6.06. The van der Waals surface area contributed by atoms with Gasteiger partial charge in [0.05, 0.1) is 12.2 Å². The Morgan fingerprint density at radius 2 is 2.13 bits per heavy atom. The van der Waals surface area contributed by atoms with Crippen LogP contribution in [0.4, 0.5) is 5.69 Å². The summed E-state index contributed by atoms with van der Waals surface area (Å²) in [6.45, 7) is 3.77. The van der Waals surface area contributed by atoms with Gasteiger partial charge in [-0.15, -0.1) is 0 Å². The number of hydrogen-bond acceptors (Lipinski definition) is 5. The van der Waals surface area contributed by atoms with Crippen molar-refractivity contribution in [2.75, 3.05) is 11.9 Å². The quantitative estimate of drug-likeness (QED) is 0.640. The first-order valence-corrected chi connectivity index (χ1v) is 7.43. The number of ether oxygens (including phenoxy) is 1. The molecule has 0 radical (unpaired) electrons. The Hall–Kier alpha value is -2.63. The first kappa shape index (κ1) is 16.7. The molecule has 0 aromatic heterocycles. The van der Waals surface area contributed by atoms with Crippen molar-refractivity contribution in [3.8, 4) is 0 Å². The summed E-state index contributed by atoms with van der Waals surface area (Å²) >= 11 is 0. The number of allylic oxidation sites excluding steroid dienone is 2. The van der Waals surface area contributed by atoms with Crippen molar-refractivity contribution >= 4 is 23.4 Å². The number of carboxylic acid groups (broad SMARTS) is 1. The Bertz CT molecular complexity index is 665. The predicted octanol–water partition coefficient (Wildman–Crippen LogP) is 2.47. The summed E-state index contributed by atoms with van der Waals surface area (Å²) in [5.41, 5.74) is 1.41. The molecule has 2 atom stereocenters. The summed E-state index contributed by atoms with van der Waals surface area (Å²) < 4.78 is 4.94. The van der Waals surface area contributed by atoms with Gasteiger partial charge in [0.1, 0.15) is 5.92 Å². The number of esters is 1. The highest BCUT2D eigenvalue weighted by Gasteiger charge is 2.36. The SMILES string of the molecule is CCOC(=O)[C@@H]1C(=O)C=C(Nc2cccc(C(=O)O)c2)C[C@H]1C. The normalized spacial score (nSPS) is 20.6. The van der Waals surface area contributed by atoms with Gasteiger partial charge in [-0.2, -0.15) is 0 Å². The molecule has 0 bridgehead atoms. The van der Waals surface area contributed by atoms with E-state index in [0.717, 1.165) is 0 Å². The summed E-state index contributed by atoms with van der Waals surface area (Å²) in [6, 6.07) is 6.34. The number of hydrogen-bond donors (Lipinski definition) is 2. The van der Waals surface area contributed by atoms with Crippen LogP contribution in [0.5, 0.6) is 0 Å². The maximum atomic E-state index is 12.2. The number of carbonyl (C=O) groups is 3. The Balaban J connectivity index is 2.15. The maximum absolute atomic E-state index is 12.2. The first-order chi connectivity index (χ1) is 10.9. The fourth-order valence-corrected chi connectivity index (χ4v) is 2.65. The average Bonchev–Trinajstić information content (AvgIpc) is 2.47. The molecule has 1 aliphatic rings. The van der Waals surface area contributed by atoms with Gasteiger partial charge in [-0.1, -0.05) is 13.0 Å². The molecule has 0 saturated heterocycles. The van der Waals surface area contributed by atoms with E-state index in [1.54, 1.807) is 19.1 Å². The van der Waals surface area contributed by atoms with Gasteiger partial charge in [-0.25, -0.2) is 4.79 Å². The predicted molar refractivity (Wildman–Crippen MR) is 84.0 cm³/mol. The first-order valence-electron chi connectivity index (χ1n) is 7.43. The molecular weight excluding hydrogens is 298 g/mol. The van der Waals surface area contributed by atoms with E-state index in [-0.39, 0.29) is 23.9 Å². The number of carbonyl (C=O) groups excluding carboxylic acids is 2. The van der Waals surface area contributed by atoms with Crippen molar-refractivity contribution in [3.05, 3.63) is 41.6 Å². The minimum Gasteiger partial charge on any atom is -0.478 e. The van der Waals surface area contributed by atoms with Crippen molar-refractivity contribution in [2.45, 2.75) is 20.3 Å². The van der Waals surface area contributed by atoms with Gasteiger partial charge in [-0.3, -0.25) is 9.59 Å². The van der Waals surface area contributed by atoms with Crippen LogP contribution in [0, 0.1) is 11.8 Å². The third-order valence-corrected chi connectivity index (χ3v) is 3.69. The Labute approximate surface area is 134 Å². The lowest BCUT2D eigenvalue weighted by Crippen LogP contribution is -2.35. The summed E-state index contributed by atoms with van der Waals surface area (Å²) in [7, 11) is 0. The third-order valence-electron chi connectivity index (χ3n) is 3.69. The Morgan fingerprint density at radius 3 is 2.74 bits per heavy atom. The molecule has 0 unspecified atom stereocenters. The second-order valence-corrected chi connectivity index (χ2v) is 5.49. The van der Waals surface area contributed by atoms with Crippen LogP contribution in [-0.4, -0.2) is 29.4 Å². The van der Waals surface area contributed by atoms with Crippen LogP contribution in [0.15, 0.2) is 36.0 Å². The van der Waals surface area contributed by atoms with E-state index in [2.05, 4.69) is 5.32 Å². The molecule has 6 heteroatoms. The molecule has 1 aromatic rings. The molecule has 0 fully saturated rings. The number of rotatable bonds is 5. The van der Waals surface area contributed by atoms with Crippen molar-refractivity contribution in [2.24, 2.45) is 11.8 Å². The summed E-state index contributed by atoms with van der Waals surface area (Å²) in [5.74, 6) is -2.76. The third kappa shape index (κ3) is 3.97. The minimum absolute atomic E-state index is 0.162. The van der Waals surface area contributed by atoms with Crippen molar-refractivity contribution in [1.29, 1.82) is 0 Å². The molecule has 1 aliphatic carbocycles. The average molecular weight is 317 g/mol. The van der Waals surface area contributed by atoms with E-state index >= 15 is 0 Å². The van der Waals surface area contributed by atoms with E-state index in [0.29, 0.717) is 17.8 Å². The lowest BCUT2D eigenvalue weighted by molar-refractivity contribution is -0.152. The zero-order valence-corrected chi connectivity index (χ0v) is 13.0. The van der Waals surface area contributed by atoms with Crippen molar-refractivity contribution in [1.82, 2.24) is 0 Å². The van der Waals surface area contributed by atoms with Crippen LogP contribution in [0.25, 0.3) is 0 Å². The number of benzene rings is 1. The molecule has 23 heavy (non-hydrogen) atoms. The van der Waals surface area contributed by atoms with E-state index < -0.39 is 17.9 Å². The van der Waals surface area contributed by atoms with Crippen molar-refractivity contribution < 1.29 is 24.2 Å². The number of aromatic carboxylic acids is 1. The maximum Gasteiger partial charge on any atom is 0.335 e. The molecule has 0 saturated carbocycles. The number of ketones is 1. The largest absolute Gasteiger partial charge is 0.478 e. The van der Waals surface area contributed by atoms with Crippen LogP contribution in [-0.2, 0) is 14.3 Å². The molecular formula is C17H19NO5. The summed E-state index contributed by atoms with van der Waals surface area (Å²) in [6.07, 6.45) is 1.90. The smallest absolute Gasteiger partial charge is 0.335 e. The van der Waals surface area contributed by atoms with Gasteiger partial charge < -0.3 is 15.2 Å². The van der Waals surface area contributed by atoms with Crippen LogP contribution in [0.1, 0.15) is 30.6 Å². The van der Waals surface area contributed by atoms with Crippen LogP contribution >= 0.6 is 0 Å². The van der Waals surface area contributed by atoms with Gasteiger partial charge in [0.15, 0.2) is 5.78 Å². The second kappa shape index (κ2) is 7.09. The van der Waals surface area contributed by atoms with E-state index in [4.69, 9.17) is 9.84 Å². The highest BCUT2D eigenvalue weighted by atomic mass is 16.5. The number of carboxylic acids is 1. The zero-order chi connectivity index (χ0) is 17.0. The molecule has 6 nitrogen and oxygen atoms in total. The molecule has 0 spiro atoms. The second-order valence-electron chi connectivity index (χ2n) is 5.49. The monoisotopic (exact) mass is 317 g/mol. The van der Waals surface area contributed by atoms with Crippen LogP contribution in [0.2, 0.25) is 0 Å². The van der Waals surface area contributed by atoms with Gasteiger partial charge in [-0.05, 0) is 37.5 Å². The van der Waals surface area contributed by atoms with Crippen LogP contribution in [0.3, 0.4) is 0 Å². The summed E-state index contributed by atoms with van der Waals surface area (Å²) in [4.78, 5) is 35.0. The Morgan fingerprint density at radius 1 is 1.39 bits per heavy atom. The number of anilines is 1. The Kier molecular flexibility index (Phi) is 5.16. The molecule has 1 aromatic carbocycles. The van der Waals surface area contributed by atoms with E-state index in [1.807, 2.05) is 6.92 Å². The van der Waals surface area contributed by atoms with Gasteiger partial charge >= 0.3 is 11.9 Å². The van der Waals surface area contributed by atoms with Crippen molar-refractivity contribution in [3.63, 3.8) is 0 Å². The fourth-order valence-electron chi connectivity index (χ4n) is 2.65. The lowest BCUT2D eigenvalue weighted by atomic mass is 9.82. The van der Waals surface area contributed by atoms with Crippen LogP contribution < -0.4 is 5.32 Å². The lowest BCUT2D eigenvalue weighted by Gasteiger charge is -2.26. The molecule has 2 rings (SSSR count). The van der Waals surface area contributed by atoms with Gasteiger partial charge in [0, 0.05) is 17.5 Å². The fraction of sp³-hybridized carbons (Fsp3) is 0.353. The van der Waals surface area contributed by atoms with Gasteiger partial charge in [0.25, 0.3) is 0 Å². The standard InChI is InChI=1S/C17H19NO5/c1-3-23-17(22)15-10(2)7-13(9-14(15)19)18-12-6-4-5-11(8-12)16(20)21/h4-6,8-10,15,18H,3,7H2,1-2H3,(H,20,21)/t10-,15+/m1/s1. The van der Waals surface area contributed by atoms with Gasteiger partial charge in [0.2, 0.25) is 0 Å². The van der Waals surface area contributed by atoms with E-state index in [9.17, 15) is 14.4 Å².